The van der Waals surface area contributed by atoms with Crippen LogP contribution in [0.25, 0.3) is 32.7 Å². The highest BCUT2D eigenvalue weighted by molar-refractivity contribution is 7.89. The molecule has 9 aromatic rings. The van der Waals surface area contributed by atoms with Crippen LogP contribution in [-0.4, -0.2) is 18.6 Å². The molecule has 0 amide bonds. The molecule has 60 heavy (non-hydrogen) atoms. The Morgan fingerprint density at radius 3 is 1.55 bits per heavy atom. The number of hydrogen-bond acceptors (Lipinski definition) is 3. The molecule has 1 aliphatic rings. The predicted molar refractivity (Wildman–Crippen MR) is 251 cm³/mol. The summed E-state index contributed by atoms with van der Waals surface area (Å²) in [4.78, 5) is 5.83. The number of sulfonamides is 1. The van der Waals surface area contributed by atoms with Gasteiger partial charge in [-0.25, -0.2) is 12.7 Å². The molecule has 4 nitrogen and oxygen atoms in total. The van der Waals surface area contributed by atoms with Crippen molar-refractivity contribution in [2.45, 2.75) is 23.9 Å². The molecule has 0 N–H and O–H groups in total. The summed E-state index contributed by atoms with van der Waals surface area (Å²) in [7, 11) is -5.27. The van der Waals surface area contributed by atoms with Gasteiger partial charge in [0.25, 0.3) is 10.0 Å². The molecular weight excluding hydrogens is 772 g/mol. The highest BCUT2D eigenvalue weighted by atomic mass is 32.2. The molecule has 0 fully saturated rings. The zero-order valence-corrected chi connectivity index (χ0v) is 34.7. The van der Waals surface area contributed by atoms with Crippen LogP contribution in [0, 0.1) is 6.92 Å². The Balaban J connectivity index is 1.33. The van der Waals surface area contributed by atoms with E-state index in [9.17, 15) is 0 Å². The van der Waals surface area contributed by atoms with Crippen molar-refractivity contribution < 1.29 is 8.42 Å². The van der Waals surface area contributed by atoms with Gasteiger partial charge in [0.1, 0.15) is 11.9 Å². The summed E-state index contributed by atoms with van der Waals surface area (Å²) in [5.74, 6) is 0.418. The van der Waals surface area contributed by atoms with E-state index < -0.39 is 30.0 Å². The monoisotopic (exact) mass is 812 g/mol. The lowest BCUT2D eigenvalue weighted by molar-refractivity contribution is 0.420. The van der Waals surface area contributed by atoms with Gasteiger partial charge in [0, 0.05) is 11.1 Å². The quantitative estimate of drug-likeness (QED) is 0.136. The van der Waals surface area contributed by atoms with Gasteiger partial charge in [-0.3, -0.25) is 4.99 Å². The number of aryl methyl sites for hydroxylation is 1. The highest BCUT2D eigenvalue weighted by Crippen LogP contribution is 2.49. The number of fused-ring (bicyclic) bond motifs is 2. The lowest BCUT2D eigenvalue weighted by atomic mass is 9.89. The molecular formula is C54H41N2O2PS. The Labute approximate surface area is 353 Å². The van der Waals surface area contributed by atoms with E-state index in [4.69, 9.17) is 4.99 Å². The van der Waals surface area contributed by atoms with E-state index in [2.05, 4.69) is 146 Å². The zero-order chi connectivity index (χ0) is 40.6. The van der Waals surface area contributed by atoms with Crippen molar-refractivity contribution in [1.29, 1.82) is 0 Å². The van der Waals surface area contributed by atoms with Gasteiger partial charge in [-0.2, -0.15) is 0 Å². The normalized spacial score (nSPS) is 15.4. The first-order valence-electron chi connectivity index (χ1n) is 20.2. The van der Waals surface area contributed by atoms with Crippen LogP contribution in [0.1, 0.15) is 34.3 Å². The van der Waals surface area contributed by atoms with Crippen molar-refractivity contribution in [1.82, 2.24) is 4.31 Å². The van der Waals surface area contributed by atoms with Gasteiger partial charge < -0.3 is 0 Å². The molecule has 2 atom stereocenters. The summed E-state index contributed by atoms with van der Waals surface area (Å²) in [6.07, 6.45) is 0. The molecule has 0 spiro atoms. The lowest BCUT2D eigenvalue weighted by Crippen LogP contribution is -2.38. The minimum absolute atomic E-state index is 0.223. The molecule has 10 rings (SSSR count). The lowest BCUT2D eigenvalue weighted by Gasteiger charge is -2.31. The largest absolute Gasteiger partial charge is 0.266 e. The third-order valence-electron chi connectivity index (χ3n) is 11.5. The van der Waals surface area contributed by atoms with Crippen LogP contribution in [0.2, 0.25) is 0 Å². The third kappa shape index (κ3) is 6.70. The van der Waals surface area contributed by atoms with Crippen LogP contribution >= 0.6 is 7.92 Å². The average Bonchev–Trinajstić information content (AvgIpc) is 3.72. The fraction of sp³-hybridized carbons (Fsp3) is 0.0556. The maximum atomic E-state index is 15.6. The summed E-state index contributed by atoms with van der Waals surface area (Å²) in [6.45, 7) is 1.97. The first kappa shape index (κ1) is 37.6. The van der Waals surface area contributed by atoms with Gasteiger partial charge >= 0.3 is 0 Å². The number of amidine groups is 1. The predicted octanol–water partition coefficient (Wildman–Crippen LogP) is 11.7. The fourth-order valence-electron chi connectivity index (χ4n) is 8.69. The Bertz CT molecular complexity index is 3080. The topological polar surface area (TPSA) is 49.7 Å². The number of aliphatic imine (C=N–C) groups is 1. The minimum Gasteiger partial charge on any atom is -0.256 e. The van der Waals surface area contributed by atoms with Crippen LogP contribution in [0.15, 0.2) is 228 Å². The first-order valence-corrected chi connectivity index (χ1v) is 23.0. The second kappa shape index (κ2) is 15.8. The van der Waals surface area contributed by atoms with E-state index in [0.717, 1.165) is 54.9 Å². The molecule has 1 aliphatic heterocycles. The van der Waals surface area contributed by atoms with Gasteiger partial charge in [0.15, 0.2) is 0 Å². The molecule has 6 heteroatoms. The highest BCUT2D eigenvalue weighted by Gasteiger charge is 2.46. The maximum Gasteiger partial charge on any atom is 0.266 e. The van der Waals surface area contributed by atoms with E-state index in [1.54, 1.807) is 16.4 Å². The number of nitrogens with zero attached hydrogens (tertiary/aromatic N) is 2. The molecule has 0 aliphatic carbocycles. The smallest absolute Gasteiger partial charge is 0.256 e. The van der Waals surface area contributed by atoms with Crippen LogP contribution < -0.4 is 15.9 Å². The first-order chi connectivity index (χ1) is 29.5. The SMILES string of the molecule is Cc1ccc(S(=O)(=O)N2C(c3ccc4ccccc4c3-c3c(P(c4ccccc4)c4ccccc4)ccc4ccccc34)=N[C@H](c3ccccc3)[C@H]2c2ccccc2)cc1. The molecule has 1 heterocycles. The van der Waals surface area contributed by atoms with E-state index in [1.165, 1.54) is 15.9 Å². The van der Waals surface area contributed by atoms with Crippen molar-refractivity contribution in [3.63, 3.8) is 0 Å². The fourth-order valence-corrected chi connectivity index (χ4v) is 12.8. The molecule has 0 saturated carbocycles. The summed E-state index contributed by atoms with van der Waals surface area (Å²) in [5, 5.41) is 7.93. The van der Waals surface area contributed by atoms with E-state index in [1.807, 2.05) is 67.6 Å². The van der Waals surface area contributed by atoms with Gasteiger partial charge in [0.2, 0.25) is 0 Å². The molecule has 0 saturated heterocycles. The van der Waals surface area contributed by atoms with Gasteiger partial charge in [-0.05, 0) is 87.2 Å². The summed E-state index contributed by atoms with van der Waals surface area (Å²) >= 11 is 0. The van der Waals surface area contributed by atoms with Crippen molar-refractivity contribution in [3.05, 3.63) is 241 Å². The van der Waals surface area contributed by atoms with Crippen LogP contribution in [0.5, 0.6) is 0 Å². The van der Waals surface area contributed by atoms with Crippen molar-refractivity contribution in [2.24, 2.45) is 4.99 Å². The Morgan fingerprint density at radius 1 is 0.483 bits per heavy atom. The van der Waals surface area contributed by atoms with E-state index in [0.29, 0.717) is 5.84 Å². The second-order valence-electron chi connectivity index (χ2n) is 15.2. The van der Waals surface area contributed by atoms with E-state index in [-0.39, 0.29) is 4.90 Å². The molecule has 9 aromatic carbocycles. The van der Waals surface area contributed by atoms with E-state index >= 15 is 8.42 Å². The average molecular weight is 813 g/mol. The summed E-state index contributed by atoms with van der Waals surface area (Å²) in [5.41, 5.74) is 5.59. The molecule has 0 unspecified atom stereocenters. The molecule has 0 aromatic heterocycles. The third-order valence-corrected chi connectivity index (χ3v) is 15.7. The standard InChI is InChI=1S/C54H41N2O2PS/c1-38-30-34-45(35-31-38)60(57,58)56-53(42-22-8-3-9-23-42)52(41-20-6-2-7-21-41)55-54(56)48-36-32-39-18-14-16-28-46(39)50(48)51-47-29-17-15-19-40(47)33-37-49(51)59(43-24-10-4-11-25-43)44-26-12-5-13-27-44/h2-37,52-53H,1H3/t52-,53-/m1/s1. The molecule has 0 bridgehead atoms. The Hall–Kier alpha value is -6.65. The van der Waals surface area contributed by atoms with Crippen LogP contribution in [-0.2, 0) is 10.0 Å². The second-order valence-corrected chi connectivity index (χ2v) is 19.2. The Morgan fingerprint density at radius 2 is 0.967 bits per heavy atom. The van der Waals surface area contributed by atoms with Gasteiger partial charge in [-0.15, -0.1) is 0 Å². The van der Waals surface area contributed by atoms with Crippen molar-refractivity contribution in [3.8, 4) is 11.1 Å². The van der Waals surface area contributed by atoms with Gasteiger partial charge in [0.05, 0.1) is 10.9 Å². The number of rotatable bonds is 9. The maximum absolute atomic E-state index is 15.6. The summed E-state index contributed by atoms with van der Waals surface area (Å²) in [6, 6.07) is 73.3. The van der Waals surface area contributed by atoms with Crippen LogP contribution in [0.3, 0.4) is 0 Å². The van der Waals surface area contributed by atoms with Crippen molar-refractivity contribution >= 4 is 61.2 Å². The molecule has 0 radical (unpaired) electrons. The van der Waals surface area contributed by atoms with Crippen LogP contribution in [0.4, 0.5) is 0 Å². The molecule has 290 valence electrons. The number of hydrogen-bond donors (Lipinski definition) is 0. The summed E-state index contributed by atoms with van der Waals surface area (Å²) < 4.78 is 32.8. The minimum atomic E-state index is -4.19. The van der Waals surface area contributed by atoms with Crippen molar-refractivity contribution in [2.75, 3.05) is 0 Å². The Kier molecular flexibility index (Phi) is 9.93. The zero-order valence-electron chi connectivity index (χ0n) is 33.0. The van der Waals surface area contributed by atoms with Gasteiger partial charge in [-0.1, -0.05) is 206 Å². The number of benzene rings is 9.